The summed E-state index contributed by atoms with van der Waals surface area (Å²) in [6, 6.07) is 12.6. The first-order chi connectivity index (χ1) is 10.6. The summed E-state index contributed by atoms with van der Waals surface area (Å²) in [6.07, 6.45) is 1.29. The smallest absolute Gasteiger partial charge is 0.251 e. The van der Waals surface area contributed by atoms with Gasteiger partial charge in [0.15, 0.2) is 9.84 Å². The molecule has 0 spiro atoms. The molecule has 0 radical (unpaired) electrons. The maximum absolute atomic E-state index is 12.9. The normalized spacial score (nSPS) is 21.8. The molecule has 0 saturated carbocycles. The third kappa shape index (κ3) is 1.89. The van der Waals surface area contributed by atoms with Crippen molar-refractivity contribution in [2.45, 2.75) is 29.5 Å². The lowest BCUT2D eigenvalue weighted by atomic mass is 9.99. The predicted molar refractivity (Wildman–Crippen MR) is 82.3 cm³/mol. The Hall–Kier alpha value is -2.14. The van der Waals surface area contributed by atoms with Gasteiger partial charge < -0.3 is 5.32 Å². The van der Waals surface area contributed by atoms with Crippen LogP contribution in [0, 0.1) is 0 Å². The van der Waals surface area contributed by atoms with Gasteiger partial charge in [-0.05, 0) is 41.7 Å². The highest BCUT2D eigenvalue weighted by atomic mass is 32.2. The minimum Gasteiger partial charge on any atom is -0.348 e. The first kappa shape index (κ1) is 13.5. The minimum atomic E-state index is -3.40. The number of nitrogens with one attached hydrogen (secondary N) is 1. The van der Waals surface area contributed by atoms with Crippen LogP contribution in [0.1, 0.15) is 38.7 Å². The van der Waals surface area contributed by atoms with Crippen LogP contribution in [0.2, 0.25) is 0 Å². The van der Waals surface area contributed by atoms with E-state index in [1.165, 1.54) is 0 Å². The van der Waals surface area contributed by atoms with Gasteiger partial charge in [0.2, 0.25) is 0 Å². The second-order valence-corrected chi connectivity index (χ2v) is 7.88. The van der Waals surface area contributed by atoms with E-state index >= 15 is 0 Å². The topological polar surface area (TPSA) is 63.2 Å². The van der Waals surface area contributed by atoms with Crippen LogP contribution in [0.5, 0.6) is 0 Å². The Morgan fingerprint density at radius 3 is 2.73 bits per heavy atom. The Morgan fingerprint density at radius 2 is 1.86 bits per heavy atom. The summed E-state index contributed by atoms with van der Waals surface area (Å²) in [5.41, 5.74) is 3.14. The van der Waals surface area contributed by atoms with Gasteiger partial charge in [0.1, 0.15) is 0 Å². The van der Waals surface area contributed by atoms with Crippen LogP contribution < -0.4 is 5.32 Å². The molecule has 0 aromatic heterocycles. The molecule has 2 aliphatic rings. The van der Waals surface area contributed by atoms with E-state index in [1.807, 2.05) is 24.3 Å². The summed E-state index contributed by atoms with van der Waals surface area (Å²) >= 11 is 0. The van der Waals surface area contributed by atoms with Gasteiger partial charge in [-0.3, -0.25) is 4.79 Å². The quantitative estimate of drug-likeness (QED) is 0.879. The maximum Gasteiger partial charge on any atom is 0.251 e. The van der Waals surface area contributed by atoms with Crippen LogP contribution in [-0.4, -0.2) is 14.3 Å². The molecule has 1 unspecified atom stereocenters. The van der Waals surface area contributed by atoms with Crippen molar-refractivity contribution in [1.82, 2.24) is 5.32 Å². The van der Waals surface area contributed by atoms with Gasteiger partial charge in [-0.15, -0.1) is 0 Å². The van der Waals surface area contributed by atoms with E-state index in [-0.39, 0.29) is 5.91 Å². The molecule has 0 bridgehead atoms. The Kier molecular flexibility index (Phi) is 2.87. The van der Waals surface area contributed by atoms with Gasteiger partial charge in [0.05, 0.1) is 10.1 Å². The van der Waals surface area contributed by atoms with Crippen molar-refractivity contribution < 1.29 is 13.2 Å². The van der Waals surface area contributed by atoms with Crippen LogP contribution in [0.15, 0.2) is 47.4 Å². The number of aryl methyl sites for hydroxylation is 1. The number of hydrogen-bond donors (Lipinski definition) is 1. The van der Waals surface area contributed by atoms with Crippen molar-refractivity contribution in [3.8, 4) is 0 Å². The predicted octanol–water partition coefficient (Wildman–Crippen LogP) is 2.39. The summed E-state index contributed by atoms with van der Waals surface area (Å²) < 4.78 is 25.8. The Labute approximate surface area is 129 Å². The first-order valence-corrected chi connectivity index (χ1v) is 8.85. The molecule has 2 aromatic rings. The van der Waals surface area contributed by atoms with Gasteiger partial charge in [-0.25, -0.2) is 8.42 Å². The SMILES string of the molecule is O=C1NCc2ccc(C3CCc4ccccc4S3(=O)=O)cc21. The average Bonchev–Trinajstić information content (AvgIpc) is 2.88. The number of amides is 1. The number of carbonyl (C=O) groups is 1. The highest BCUT2D eigenvalue weighted by Gasteiger charge is 2.35. The molecular formula is C17H15NO3S. The van der Waals surface area contributed by atoms with E-state index in [0.717, 1.165) is 17.5 Å². The van der Waals surface area contributed by atoms with Crippen molar-refractivity contribution in [3.63, 3.8) is 0 Å². The zero-order valence-corrected chi connectivity index (χ0v) is 12.7. The van der Waals surface area contributed by atoms with Crippen LogP contribution in [0.3, 0.4) is 0 Å². The Morgan fingerprint density at radius 1 is 1.05 bits per heavy atom. The van der Waals surface area contributed by atoms with Gasteiger partial charge in [0.25, 0.3) is 5.91 Å². The second-order valence-electron chi connectivity index (χ2n) is 5.78. The number of benzene rings is 2. The van der Waals surface area contributed by atoms with E-state index in [0.29, 0.717) is 29.0 Å². The van der Waals surface area contributed by atoms with Crippen LogP contribution in [-0.2, 0) is 22.8 Å². The van der Waals surface area contributed by atoms with Gasteiger partial charge in [-0.2, -0.15) is 0 Å². The second kappa shape index (κ2) is 4.68. The molecule has 0 saturated heterocycles. The molecule has 0 fully saturated rings. The lowest BCUT2D eigenvalue weighted by Gasteiger charge is -2.25. The molecule has 4 nitrogen and oxygen atoms in total. The van der Waals surface area contributed by atoms with Crippen LogP contribution in [0.25, 0.3) is 0 Å². The van der Waals surface area contributed by atoms with Crippen LogP contribution >= 0.6 is 0 Å². The monoisotopic (exact) mass is 313 g/mol. The van der Waals surface area contributed by atoms with Crippen molar-refractivity contribution in [2.24, 2.45) is 0 Å². The van der Waals surface area contributed by atoms with E-state index in [2.05, 4.69) is 5.32 Å². The third-order valence-corrected chi connectivity index (χ3v) is 6.79. The van der Waals surface area contributed by atoms with E-state index in [9.17, 15) is 13.2 Å². The lowest BCUT2D eigenvalue weighted by Crippen LogP contribution is -2.21. The van der Waals surface area contributed by atoms with Gasteiger partial charge in [0, 0.05) is 12.1 Å². The summed E-state index contributed by atoms with van der Waals surface area (Å²) in [5.74, 6) is -0.120. The molecule has 1 N–H and O–H groups in total. The maximum atomic E-state index is 12.9. The van der Waals surface area contributed by atoms with Gasteiger partial charge in [-0.1, -0.05) is 30.3 Å². The van der Waals surface area contributed by atoms with E-state index in [4.69, 9.17) is 0 Å². The first-order valence-electron chi connectivity index (χ1n) is 7.30. The molecule has 0 aliphatic carbocycles. The zero-order chi connectivity index (χ0) is 15.3. The number of hydrogen-bond acceptors (Lipinski definition) is 3. The van der Waals surface area contributed by atoms with Crippen molar-refractivity contribution in [2.75, 3.05) is 0 Å². The largest absolute Gasteiger partial charge is 0.348 e. The molecule has 5 heteroatoms. The number of sulfone groups is 1. The fourth-order valence-corrected chi connectivity index (χ4v) is 5.40. The summed E-state index contributed by atoms with van der Waals surface area (Å²) in [4.78, 5) is 12.2. The summed E-state index contributed by atoms with van der Waals surface area (Å²) in [7, 11) is -3.40. The molecule has 1 amide bonds. The average molecular weight is 313 g/mol. The molecule has 112 valence electrons. The summed E-state index contributed by atoms with van der Waals surface area (Å²) in [6.45, 7) is 0.523. The Balaban J connectivity index is 1.82. The highest BCUT2D eigenvalue weighted by Crippen LogP contribution is 2.39. The standard InChI is InChI=1S/C17H15NO3S/c19-17-14-9-12(5-6-13(14)10-18-17)16-8-7-11-3-1-2-4-15(11)22(16,20)21/h1-6,9,16H,7-8,10H2,(H,18,19). The lowest BCUT2D eigenvalue weighted by molar-refractivity contribution is 0.0965. The minimum absolute atomic E-state index is 0.120. The molecule has 22 heavy (non-hydrogen) atoms. The van der Waals surface area contributed by atoms with E-state index < -0.39 is 15.1 Å². The van der Waals surface area contributed by atoms with Gasteiger partial charge >= 0.3 is 0 Å². The van der Waals surface area contributed by atoms with E-state index in [1.54, 1.807) is 18.2 Å². The highest BCUT2D eigenvalue weighted by molar-refractivity contribution is 7.91. The Bertz CT molecular complexity index is 887. The van der Waals surface area contributed by atoms with Crippen molar-refractivity contribution >= 4 is 15.7 Å². The summed E-state index contributed by atoms with van der Waals surface area (Å²) in [5, 5.41) is 2.19. The third-order valence-electron chi connectivity index (χ3n) is 4.52. The molecule has 2 heterocycles. The number of rotatable bonds is 1. The van der Waals surface area contributed by atoms with Crippen molar-refractivity contribution in [1.29, 1.82) is 0 Å². The fourth-order valence-electron chi connectivity index (χ4n) is 3.36. The zero-order valence-electron chi connectivity index (χ0n) is 11.9. The molecular weight excluding hydrogens is 298 g/mol. The molecule has 4 rings (SSSR count). The molecule has 1 atom stereocenters. The molecule has 2 aromatic carbocycles. The van der Waals surface area contributed by atoms with Crippen molar-refractivity contribution in [3.05, 3.63) is 64.7 Å². The van der Waals surface area contributed by atoms with Crippen LogP contribution in [0.4, 0.5) is 0 Å². The number of fused-ring (bicyclic) bond motifs is 2. The molecule has 2 aliphatic heterocycles. The number of carbonyl (C=O) groups excluding carboxylic acids is 1. The fraction of sp³-hybridized carbons (Fsp3) is 0.235.